The molecule has 2 aromatic heterocycles. The second-order valence-electron chi connectivity index (χ2n) is 10.2. The zero-order valence-corrected chi connectivity index (χ0v) is 26.8. The number of halogens is 3. The molecule has 0 saturated heterocycles. The number of pyridine rings is 1. The summed E-state index contributed by atoms with van der Waals surface area (Å²) in [4.78, 5) is 35.7. The van der Waals surface area contributed by atoms with Crippen LogP contribution < -0.4 is 19.6 Å². The minimum Gasteiger partial charge on any atom is -0.496 e. The average Bonchev–Trinajstić information content (AvgIpc) is 3.32. The van der Waals surface area contributed by atoms with E-state index in [1.807, 2.05) is 36.4 Å². The van der Waals surface area contributed by atoms with Crippen molar-refractivity contribution in [2.75, 3.05) is 13.7 Å². The zero-order chi connectivity index (χ0) is 33.2. The van der Waals surface area contributed by atoms with Crippen LogP contribution in [-0.2, 0) is 21.5 Å². The number of thiazole rings is 1. The molecule has 236 valence electrons. The van der Waals surface area contributed by atoms with Crippen molar-refractivity contribution in [3.63, 3.8) is 0 Å². The topological polar surface area (TPSA) is 107 Å². The molecule has 0 spiro atoms. The molecule has 0 fully saturated rings. The van der Waals surface area contributed by atoms with Crippen molar-refractivity contribution in [2.24, 2.45) is 4.99 Å². The Morgan fingerprint density at radius 3 is 2.57 bits per heavy atom. The van der Waals surface area contributed by atoms with Crippen LogP contribution in [0.15, 0.2) is 80.7 Å². The normalized spacial score (nSPS) is 14.8. The molecular weight excluding hydrogens is 638 g/mol. The van der Waals surface area contributed by atoms with Gasteiger partial charge in [-0.05, 0) is 61.7 Å². The fourth-order valence-corrected chi connectivity index (χ4v) is 7.15. The summed E-state index contributed by atoms with van der Waals surface area (Å²) in [6, 6.07) is 16.5. The molecule has 1 atom stereocenters. The molecule has 0 radical (unpaired) electrons. The predicted molar refractivity (Wildman–Crippen MR) is 168 cm³/mol. The van der Waals surface area contributed by atoms with Crippen LogP contribution in [0.2, 0.25) is 0 Å². The minimum atomic E-state index is -4.66. The summed E-state index contributed by atoms with van der Waals surface area (Å²) < 4.78 is 53.0. The Hall–Kier alpha value is -4.67. The number of aromatic nitrogens is 2. The van der Waals surface area contributed by atoms with Crippen molar-refractivity contribution in [3.05, 3.63) is 119 Å². The third-order valence-electron chi connectivity index (χ3n) is 7.18. The Morgan fingerprint density at radius 1 is 1.17 bits per heavy atom. The van der Waals surface area contributed by atoms with E-state index in [-0.39, 0.29) is 39.6 Å². The number of allylic oxidation sites excluding steroid dienone is 1. The standard InChI is InChI=1S/C33H27F3N4O4S2/c1-5-44-31(42)27-19(3)38-32-40(28(27)21-9-7-6-8-10-21)30(41)25(46-32)15-20-11-12-24(43-4)22(14-20)17-45-29-23(16-37)18(2)13-26(39-29)33(34,35)36/h6-15,28H,5,17H2,1-4H3/b25-15-/t28-/m0/s1. The fourth-order valence-electron chi connectivity index (χ4n) is 5.07. The highest BCUT2D eigenvalue weighted by Gasteiger charge is 2.35. The van der Waals surface area contributed by atoms with Gasteiger partial charge >= 0.3 is 12.1 Å². The van der Waals surface area contributed by atoms with Gasteiger partial charge in [-0.1, -0.05) is 47.7 Å². The number of nitriles is 1. The van der Waals surface area contributed by atoms with Gasteiger partial charge in [0.15, 0.2) is 4.80 Å². The number of aryl methyl sites for hydroxylation is 1. The molecule has 2 aromatic carbocycles. The van der Waals surface area contributed by atoms with Crippen LogP contribution in [0.1, 0.15) is 53.4 Å². The second-order valence-corrected chi connectivity index (χ2v) is 12.2. The van der Waals surface area contributed by atoms with Crippen LogP contribution in [0.3, 0.4) is 0 Å². The van der Waals surface area contributed by atoms with Gasteiger partial charge < -0.3 is 9.47 Å². The van der Waals surface area contributed by atoms with Gasteiger partial charge in [0, 0.05) is 11.3 Å². The number of esters is 1. The highest BCUT2D eigenvalue weighted by atomic mass is 32.2. The van der Waals surface area contributed by atoms with E-state index < -0.39 is 23.9 Å². The molecule has 1 aliphatic heterocycles. The van der Waals surface area contributed by atoms with Crippen LogP contribution in [0.25, 0.3) is 6.08 Å². The van der Waals surface area contributed by atoms with Crippen LogP contribution in [-0.4, -0.2) is 29.2 Å². The van der Waals surface area contributed by atoms with E-state index in [2.05, 4.69) is 9.98 Å². The molecule has 3 heterocycles. The number of methoxy groups -OCH3 is 1. The van der Waals surface area contributed by atoms with E-state index >= 15 is 0 Å². The van der Waals surface area contributed by atoms with Crippen LogP contribution in [0.5, 0.6) is 5.75 Å². The SMILES string of the molecule is CCOC(=O)C1=C(C)N=c2s/c(=C\c3ccc(OC)c(CSc4nc(C(F)(F)F)cc(C)c4C#N)c3)c(=O)n2[C@H]1c1ccccc1. The lowest BCUT2D eigenvalue weighted by atomic mass is 9.96. The molecule has 8 nitrogen and oxygen atoms in total. The number of rotatable bonds is 8. The van der Waals surface area contributed by atoms with Crippen molar-refractivity contribution in [1.29, 1.82) is 5.26 Å². The summed E-state index contributed by atoms with van der Waals surface area (Å²) in [5.41, 5.74) is 1.55. The maximum absolute atomic E-state index is 13.9. The zero-order valence-electron chi connectivity index (χ0n) is 25.1. The van der Waals surface area contributed by atoms with Crippen molar-refractivity contribution in [3.8, 4) is 11.8 Å². The van der Waals surface area contributed by atoms with Gasteiger partial charge in [0.2, 0.25) is 0 Å². The first-order valence-electron chi connectivity index (χ1n) is 14.0. The molecular formula is C33H27F3N4O4S2. The number of nitrogens with zero attached hydrogens (tertiary/aromatic N) is 4. The number of ether oxygens (including phenoxy) is 2. The summed E-state index contributed by atoms with van der Waals surface area (Å²) in [6.07, 6.45) is -2.97. The number of fused-ring (bicyclic) bond motifs is 1. The molecule has 0 amide bonds. The highest BCUT2D eigenvalue weighted by molar-refractivity contribution is 7.98. The summed E-state index contributed by atoms with van der Waals surface area (Å²) in [5, 5.41) is 9.56. The van der Waals surface area contributed by atoms with Crippen molar-refractivity contribution < 1.29 is 27.4 Å². The van der Waals surface area contributed by atoms with Gasteiger partial charge in [-0.15, -0.1) is 11.8 Å². The van der Waals surface area contributed by atoms with Crippen LogP contribution in [0, 0.1) is 18.3 Å². The fraction of sp³-hybridized carbons (Fsp3) is 0.242. The average molecular weight is 665 g/mol. The van der Waals surface area contributed by atoms with E-state index in [9.17, 15) is 28.0 Å². The monoisotopic (exact) mass is 664 g/mol. The van der Waals surface area contributed by atoms with E-state index in [1.165, 1.54) is 29.9 Å². The van der Waals surface area contributed by atoms with E-state index in [0.29, 0.717) is 31.9 Å². The van der Waals surface area contributed by atoms with Gasteiger partial charge in [-0.2, -0.15) is 18.4 Å². The molecule has 46 heavy (non-hydrogen) atoms. The second kappa shape index (κ2) is 13.4. The lowest BCUT2D eigenvalue weighted by Crippen LogP contribution is -2.39. The first-order valence-corrected chi connectivity index (χ1v) is 15.8. The molecule has 0 N–H and O–H groups in total. The lowest BCUT2D eigenvalue weighted by molar-refractivity contribution is -0.141. The van der Waals surface area contributed by atoms with Gasteiger partial charge in [-0.25, -0.2) is 14.8 Å². The smallest absolute Gasteiger partial charge is 0.433 e. The lowest BCUT2D eigenvalue weighted by Gasteiger charge is -2.24. The number of hydrogen-bond donors (Lipinski definition) is 0. The molecule has 0 bridgehead atoms. The molecule has 1 aliphatic rings. The first kappa shape index (κ1) is 32.7. The largest absolute Gasteiger partial charge is 0.496 e. The Bertz CT molecular complexity index is 2080. The Morgan fingerprint density at radius 2 is 1.91 bits per heavy atom. The third-order valence-corrected chi connectivity index (χ3v) is 9.19. The molecule has 0 unspecified atom stereocenters. The van der Waals surface area contributed by atoms with E-state index in [4.69, 9.17) is 9.47 Å². The highest BCUT2D eigenvalue weighted by Crippen LogP contribution is 2.35. The number of benzene rings is 2. The molecule has 0 saturated carbocycles. The van der Waals surface area contributed by atoms with Crippen molar-refractivity contribution >= 4 is 35.1 Å². The van der Waals surface area contributed by atoms with E-state index in [0.717, 1.165) is 23.4 Å². The van der Waals surface area contributed by atoms with Gasteiger partial charge in [-0.3, -0.25) is 9.36 Å². The molecule has 0 aliphatic carbocycles. The number of carbonyl (C=O) groups is 1. The molecule has 13 heteroatoms. The molecule has 5 rings (SSSR count). The first-order chi connectivity index (χ1) is 22.0. The van der Waals surface area contributed by atoms with Gasteiger partial charge in [0.1, 0.15) is 22.5 Å². The van der Waals surface area contributed by atoms with Crippen molar-refractivity contribution in [1.82, 2.24) is 9.55 Å². The van der Waals surface area contributed by atoms with Gasteiger partial charge in [0.25, 0.3) is 5.56 Å². The minimum absolute atomic E-state index is 0.0377. The van der Waals surface area contributed by atoms with Gasteiger partial charge in [0.05, 0.1) is 41.1 Å². The maximum Gasteiger partial charge on any atom is 0.433 e. The summed E-state index contributed by atoms with van der Waals surface area (Å²) in [5.74, 6) is 0.0752. The molecule has 4 aromatic rings. The quantitative estimate of drug-likeness (QED) is 0.176. The number of carbonyl (C=O) groups excluding carboxylic acids is 1. The summed E-state index contributed by atoms with van der Waals surface area (Å²) in [7, 11) is 1.47. The summed E-state index contributed by atoms with van der Waals surface area (Å²) in [6.45, 7) is 5.03. The Kier molecular flexibility index (Phi) is 9.50. The predicted octanol–water partition coefficient (Wildman–Crippen LogP) is 5.69. The number of thioether (sulfide) groups is 1. The van der Waals surface area contributed by atoms with Crippen LogP contribution in [0.4, 0.5) is 13.2 Å². The Labute approximate surface area is 270 Å². The Balaban J connectivity index is 1.56. The number of hydrogen-bond acceptors (Lipinski definition) is 9. The van der Waals surface area contributed by atoms with Crippen molar-refractivity contribution in [2.45, 2.75) is 43.8 Å². The van der Waals surface area contributed by atoms with Crippen LogP contribution >= 0.6 is 23.1 Å². The third kappa shape index (κ3) is 6.49. The summed E-state index contributed by atoms with van der Waals surface area (Å²) >= 11 is 2.16. The maximum atomic E-state index is 13.9. The number of alkyl halides is 3. The van der Waals surface area contributed by atoms with E-state index in [1.54, 1.807) is 38.1 Å².